The third-order valence-electron chi connectivity index (χ3n) is 2.88. The minimum absolute atomic E-state index is 0.202. The van der Waals surface area contributed by atoms with Crippen LogP contribution in [-0.2, 0) is 11.3 Å². The zero-order valence-corrected chi connectivity index (χ0v) is 12.2. The van der Waals surface area contributed by atoms with Gasteiger partial charge >= 0.3 is 0 Å². The molecule has 0 aromatic carbocycles. The molecule has 1 aromatic rings. The summed E-state index contributed by atoms with van der Waals surface area (Å²) in [5.74, 6) is 0.622. The lowest BCUT2D eigenvalue weighted by molar-refractivity contribution is -0.131. The number of nitrogens with one attached hydrogen (secondary N) is 1. The van der Waals surface area contributed by atoms with Crippen molar-refractivity contribution in [1.29, 1.82) is 0 Å². The molecule has 0 saturated heterocycles. The molecule has 1 heterocycles. The molecule has 102 valence electrons. The molecule has 4 nitrogen and oxygen atoms in total. The van der Waals surface area contributed by atoms with Gasteiger partial charge in [0.1, 0.15) is 0 Å². The highest BCUT2D eigenvalue weighted by Crippen LogP contribution is 2.26. The molecule has 0 aliphatic carbocycles. The molecule has 0 saturated carbocycles. The van der Waals surface area contributed by atoms with Crippen LogP contribution in [0.15, 0.2) is 12.4 Å². The smallest absolute Gasteiger partial charge is 0.222 e. The van der Waals surface area contributed by atoms with Gasteiger partial charge in [-0.3, -0.25) is 9.89 Å². The number of hydrogen-bond donors (Lipinski definition) is 1. The average molecular weight is 251 g/mol. The van der Waals surface area contributed by atoms with Crippen LogP contribution in [0.5, 0.6) is 0 Å². The fourth-order valence-corrected chi connectivity index (χ4v) is 2.30. The van der Waals surface area contributed by atoms with Crippen molar-refractivity contribution in [3.05, 3.63) is 18.0 Å². The number of amides is 1. The van der Waals surface area contributed by atoms with Crippen molar-refractivity contribution in [2.24, 2.45) is 11.3 Å². The molecule has 0 fully saturated rings. The maximum Gasteiger partial charge on any atom is 0.222 e. The third kappa shape index (κ3) is 5.34. The van der Waals surface area contributed by atoms with Crippen LogP contribution in [0.3, 0.4) is 0 Å². The van der Waals surface area contributed by atoms with Gasteiger partial charge in [0.05, 0.1) is 6.20 Å². The molecule has 1 unspecified atom stereocenters. The second-order valence-electron chi connectivity index (χ2n) is 6.43. The summed E-state index contributed by atoms with van der Waals surface area (Å²) < 4.78 is 0. The van der Waals surface area contributed by atoms with E-state index in [4.69, 9.17) is 0 Å². The van der Waals surface area contributed by atoms with Gasteiger partial charge in [-0.25, -0.2) is 0 Å². The second-order valence-corrected chi connectivity index (χ2v) is 6.43. The molecule has 1 rings (SSSR count). The van der Waals surface area contributed by atoms with Crippen LogP contribution in [-0.4, -0.2) is 28.1 Å². The first-order valence-corrected chi connectivity index (χ1v) is 6.49. The Bertz CT molecular complexity index is 365. The van der Waals surface area contributed by atoms with Crippen LogP contribution in [0.4, 0.5) is 0 Å². The number of carbonyl (C=O) groups excluding carboxylic acids is 1. The van der Waals surface area contributed by atoms with E-state index in [1.807, 2.05) is 13.2 Å². The van der Waals surface area contributed by atoms with E-state index in [-0.39, 0.29) is 11.3 Å². The van der Waals surface area contributed by atoms with Crippen molar-refractivity contribution >= 4 is 5.91 Å². The molecule has 1 aromatic heterocycles. The number of aromatic amines is 1. The second kappa shape index (κ2) is 6.03. The summed E-state index contributed by atoms with van der Waals surface area (Å²) >= 11 is 0. The zero-order valence-electron chi connectivity index (χ0n) is 12.2. The van der Waals surface area contributed by atoms with Gasteiger partial charge in [-0.05, 0) is 17.8 Å². The molecule has 0 spiro atoms. The van der Waals surface area contributed by atoms with Gasteiger partial charge in [0.25, 0.3) is 0 Å². The molecular weight excluding hydrogens is 226 g/mol. The summed E-state index contributed by atoms with van der Waals surface area (Å²) in [7, 11) is 1.85. The van der Waals surface area contributed by atoms with Crippen LogP contribution < -0.4 is 0 Å². The lowest BCUT2D eigenvalue weighted by Gasteiger charge is -2.24. The van der Waals surface area contributed by atoms with Crippen molar-refractivity contribution in [2.75, 3.05) is 7.05 Å². The number of H-pyrrole nitrogens is 1. The normalized spacial score (nSPS) is 13.4. The van der Waals surface area contributed by atoms with Gasteiger partial charge < -0.3 is 4.90 Å². The first kappa shape index (κ1) is 14.7. The van der Waals surface area contributed by atoms with Crippen LogP contribution in [0, 0.1) is 11.3 Å². The monoisotopic (exact) mass is 251 g/mol. The van der Waals surface area contributed by atoms with Crippen molar-refractivity contribution in [3.63, 3.8) is 0 Å². The van der Waals surface area contributed by atoms with Crippen molar-refractivity contribution in [2.45, 2.75) is 47.1 Å². The quantitative estimate of drug-likeness (QED) is 0.874. The molecule has 18 heavy (non-hydrogen) atoms. The van der Waals surface area contributed by atoms with E-state index in [0.29, 0.717) is 18.9 Å². The van der Waals surface area contributed by atoms with E-state index in [0.717, 1.165) is 12.0 Å². The Hall–Kier alpha value is -1.32. The standard InChI is InChI=1S/C14H25N3O/c1-11(7-14(2,3)4)6-13(18)17(5)10-12-8-15-16-9-12/h8-9,11H,6-7,10H2,1-5H3,(H,15,16). The fraction of sp³-hybridized carbons (Fsp3) is 0.714. The zero-order chi connectivity index (χ0) is 13.8. The van der Waals surface area contributed by atoms with E-state index >= 15 is 0 Å². The van der Waals surface area contributed by atoms with Crippen LogP contribution >= 0.6 is 0 Å². The highest BCUT2D eigenvalue weighted by molar-refractivity contribution is 5.76. The Morgan fingerprint density at radius 1 is 1.50 bits per heavy atom. The first-order valence-electron chi connectivity index (χ1n) is 6.49. The summed E-state index contributed by atoms with van der Waals surface area (Å²) in [6.07, 6.45) is 5.26. The summed E-state index contributed by atoms with van der Waals surface area (Å²) in [5.41, 5.74) is 1.32. The van der Waals surface area contributed by atoms with Crippen molar-refractivity contribution in [1.82, 2.24) is 15.1 Å². The van der Waals surface area contributed by atoms with Crippen LogP contribution in [0.2, 0.25) is 0 Å². The summed E-state index contributed by atoms with van der Waals surface area (Å²) in [5, 5.41) is 6.64. The van der Waals surface area contributed by atoms with Gasteiger partial charge in [0, 0.05) is 31.8 Å². The topological polar surface area (TPSA) is 49.0 Å². The molecule has 0 bridgehead atoms. The number of carbonyl (C=O) groups is 1. The lowest BCUT2D eigenvalue weighted by atomic mass is 9.84. The van der Waals surface area contributed by atoms with E-state index in [2.05, 4.69) is 37.9 Å². The highest BCUT2D eigenvalue weighted by atomic mass is 16.2. The van der Waals surface area contributed by atoms with Gasteiger partial charge in [-0.15, -0.1) is 0 Å². The highest BCUT2D eigenvalue weighted by Gasteiger charge is 2.19. The molecule has 4 heteroatoms. The molecule has 0 aliphatic heterocycles. The minimum Gasteiger partial charge on any atom is -0.341 e. The predicted octanol–water partition coefficient (Wildman–Crippen LogP) is 2.83. The number of nitrogens with zero attached hydrogens (tertiary/aromatic N) is 2. The first-order chi connectivity index (χ1) is 8.28. The molecule has 1 N–H and O–H groups in total. The maximum absolute atomic E-state index is 12.1. The molecule has 0 aliphatic rings. The Balaban J connectivity index is 2.40. The van der Waals surface area contributed by atoms with E-state index in [9.17, 15) is 4.79 Å². The van der Waals surface area contributed by atoms with Gasteiger partial charge in [-0.2, -0.15) is 5.10 Å². The van der Waals surface area contributed by atoms with Gasteiger partial charge in [0.2, 0.25) is 5.91 Å². The summed E-state index contributed by atoms with van der Waals surface area (Å²) in [6.45, 7) is 9.40. The minimum atomic E-state index is 0.202. The molecular formula is C14H25N3O. The van der Waals surface area contributed by atoms with Gasteiger partial charge in [0.15, 0.2) is 0 Å². The van der Waals surface area contributed by atoms with Crippen molar-refractivity contribution < 1.29 is 4.79 Å². The Kier molecular flexibility index (Phi) is 4.93. The van der Waals surface area contributed by atoms with E-state index in [1.165, 1.54) is 0 Å². The molecule has 1 amide bonds. The summed E-state index contributed by atoms with van der Waals surface area (Å²) in [6, 6.07) is 0. The largest absolute Gasteiger partial charge is 0.341 e. The third-order valence-corrected chi connectivity index (χ3v) is 2.88. The Labute approximate surface area is 110 Å². The molecule has 1 atom stereocenters. The van der Waals surface area contributed by atoms with Crippen molar-refractivity contribution in [3.8, 4) is 0 Å². The van der Waals surface area contributed by atoms with E-state index < -0.39 is 0 Å². The predicted molar refractivity (Wildman–Crippen MR) is 72.9 cm³/mol. The lowest BCUT2D eigenvalue weighted by Crippen LogP contribution is -2.28. The SMILES string of the molecule is CC(CC(=O)N(C)Cc1cn[nH]c1)CC(C)(C)C. The van der Waals surface area contributed by atoms with Gasteiger partial charge in [-0.1, -0.05) is 27.7 Å². The number of rotatable bonds is 5. The Morgan fingerprint density at radius 2 is 2.17 bits per heavy atom. The molecule has 0 radical (unpaired) electrons. The van der Waals surface area contributed by atoms with E-state index in [1.54, 1.807) is 11.1 Å². The van der Waals surface area contributed by atoms with Crippen LogP contribution in [0.25, 0.3) is 0 Å². The average Bonchev–Trinajstić information content (AvgIpc) is 2.66. The number of aromatic nitrogens is 2. The summed E-state index contributed by atoms with van der Waals surface area (Å²) in [4.78, 5) is 13.8. The maximum atomic E-state index is 12.1. The number of hydrogen-bond acceptors (Lipinski definition) is 2. The fourth-order valence-electron chi connectivity index (χ4n) is 2.30. The Morgan fingerprint density at radius 3 is 2.67 bits per heavy atom. The van der Waals surface area contributed by atoms with Crippen LogP contribution in [0.1, 0.15) is 46.1 Å².